The summed E-state index contributed by atoms with van der Waals surface area (Å²) < 4.78 is 3.76. The molecule has 0 fully saturated rings. The number of rotatable bonds is 4. The normalized spacial score (nSPS) is 11.4. The first-order valence-corrected chi connectivity index (χ1v) is 10.2. The molecule has 5 heteroatoms. The van der Waals surface area contributed by atoms with E-state index in [4.69, 9.17) is 16.6 Å². The van der Waals surface area contributed by atoms with E-state index in [2.05, 4.69) is 29.7 Å². The van der Waals surface area contributed by atoms with E-state index < -0.39 is 0 Å². The van der Waals surface area contributed by atoms with Crippen molar-refractivity contribution < 1.29 is 0 Å². The Hall–Kier alpha value is -3.37. The summed E-state index contributed by atoms with van der Waals surface area (Å²) in [6, 6.07) is 23.9. The molecule has 0 N–H and O–H groups in total. The van der Waals surface area contributed by atoms with Gasteiger partial charge >= 0.3 is 0 Å². The summed E-state index contributed by atoms with van der Waals surface area (Å²) in [5.41, 5.74) is 5.64. The molecule has 2 aromatic heterocycles. The lowest BCUT2D eigenvalue weighted by Gasteiger charge is -2.10. The molecular weight excluding hydrogens is 394 g/mol. The van der Waals surface area contributed by atoms with Crippen molar-refractivity contribution in [3.05, 3.63) is 111 Å². The molecule has 0 unspecified atom stereocenters. The van der Waals surface area contributed by atoms with Crippen LogP contribution >= 0.6 is 11.6 Å². The predicted molar refractivity (Wildman–Crippen MR) is 122 cm³/mol. The van der Waals surface area contributed by atoms with Crippen molar-refractivity contribution in [3.8, 4) is 0 Å². The molecule has 2 heterocycles. The summed E-state index contributed by atoms with van der Waals surface area (Å²) in [4.78, 5) is 18.2. The smallest absolute Gasteiger partial charge is 0.278 e. The Kier molecular flexibility index (Phi) is 4.64. The molecule has 0 aliphatic heterocycles. The molecular formula is C25H20ClN3O. The van der Waals surface area contributed by atoms with Crippen LogP contribution < -0.4 is 5.56 Å². The van der Waals surface area contributed by atoms with E-state index in [1.807, 2.05) is 54.6 Å². The highest BCUT2D eigenvalue weighted by molar-refractivity contribution is 6.30. The second-order valence-electron chi connectivity index (χ2n) is 7.59. The molecule has 0 spiro atoms. The Morgan fingerprint density at radius 2 is 1.63 bits per heavy atom. The lowest BCUT2D eigenvalue weighted by Crippen LogP contribution is -2.23. The van der Waals surface area contributed by atoms with Gasteiger partial charge in [0, 0.05) is 17.0 Å². The molecule has 0 atom stereocenters. The summed E-state index contributed by atoms with van der Waals surface area (Å²) in [5, 5.41) is 1.70. The van der Waals surface area contributed by atoms with Crippen molar-refractivity contribution >= 4 is 33.5 Å². The molecule has 0 aliphatic carbocycles. The highest BCUT2D eigenvalue weighted by atomic mass is 35.5. The Morgan fingerprint density at radius 3 is 2.40 bits per heavy atom. The van der Waals surface area contributed by atoms with Gasteiger partial charge < -0.3 is 4.57 Å². The largest absolute Gasteiger partial charge is 0.330 e. The summed E-state index contributed by atoms with van der Waals surface area (Å²) in [5.74, 6) is 0. The van der Waals surface area contributed by atoms with Crippen LogP contribution in [0.2, 0.25) is 5.02 Å². The van der Waals surface area contributed by atoms with E-state index >= 15 is 0 Å². The first-order chi connectivity index (χ1) is 14.6. The van der Waals surface area contributed by atoms with Gasteiger partial charge in [0.25, 0.3) is 5.56 Å². The van der Waals surface area contributed by atoms with Crippen LogP contribution in [-0.2, 0) is 13.1 Å². The molecule has 30 heavy (non-hydrogen) atoms. The van der Waals surface area contributed by atoms with E-state index in [1.165, 1.54) is 0 Å². The van der Waals surface area contributed by atoms with Gasteiger partial charge in [-0.05, 0) is 42.3 Å². The van der Waals surface area contributed by atoms with Crippen molar-refractivity contribution in [3.63, 3.8) is 0 Å². The third kappa shape index (κ3) is 3.29. The fraction of sp³-hybridized carbons (Fsp3) is 0.120. The maximum absolute atomic E-state index is 13.5. The maximum atomic E-state index is 13.5. The van der Waals surface area contributed by atoms with Crippen molar-refractivity contribution in [1.82, 2.24) is 14.1 Å². The van der Waals surface area contributed by atoms with E-state index in [9.17, 15) is 4.79 Å². The molecule has 0 aliphatic rings. The number of hydrogen-bond donors (Lipinski definition) is 0. The van der Waals surface area contributed by atoms with E-state index in [0.717, 1.165) is 33.1 Å². The third-order valence-electron chi connectivity index (χ3n) is 5.43. The first kappa shape index (κ1) is 18.6. The number of aromatic nitrogens is 3. The van der Waals surface area contributed by atoms with Crippen LogP contribution in [0.25, 0.3) is 21.9 Å². The Morgan fingerprint density at radius 1 is 0.900 bits per heavy atom. The fourth-order valence-electron chi connectivity index (χ4n) is 3.94. The van der Waals surface area contributed by atoms with Crippen LogP contribution in [0.15, 0.2) is 83.9 Å². The Labute approximate surface area is 179 Å². The molecule has 5 rings (SSSR count). The summed E-state index contributed by atoms with van der Waals surface area (Å²) in [6.07, 6.45) is 1.66. The summed E-state index contributed by atoms with van der Waals surface area (Å²) in [6.45, 7) is 3.12. The zero-order valence-corrected chi connectivity index (χ0v) is 17.3. The Balaban J connectivity index is 1.73. The van der Waals surface area contributed by atoms with Crippen LogP contribution in [0.4, 0.5) is 0 Å². The highest BCUT2D eigenvalue weighted by Gasteiger charge is 2.17. The second-order valence-corrected chi connectivity index (χ2v) is 8.03. The van der Waals surface area contributed by atoms with Gasteiger partial charge in [-0.1, -0.05) is 65.7 Å². The SMILES string of the molecule is Cc1ccc2c(c1)c1ncn(Cc3ccccc3)c(=O)c1n2Cc1ccc(Cl)cc1. The molecule has 0 saturated heterocycles. The van der Waals surface area contributed by atoms with Gasteiger partial charge in [-0.25, -0.2) is 4.98 Å². The van der Waals surface area contributed by atoms with Crippen molar-refractivity contribution in [2.24, 2.45) is 0 Å². The number of nitrogens with zero attached hydrogens (tertiary/aromatic N) is 3. The van der Waals surface area contributed by atoms with E-state index in [1.54, 1.807) is 10.9 Å². The monoisotopic (exact) mass is 413 g/mol. The Bertz CT molecular complexity index is 1420. The lowest BCUT2D eigenvalue weighted by atomic mass is 10.1. The van der Waals surface area contributed by atoms with Crippen molar-refractivity contribution in [2.45, 2.75) is 20.0 Å². The highest BCUT2D eigenvalue weighted by Crippen LogP contribution is 2.27. The molecule has 4 nitrogen and oxygen atoms in total. The van der Waals surface area contributed by atoms with Crippen LogP contribution in [-0.4, -0.2) is 14.1 Å². The van der Waals surface area contributed by atoms with Gasteiger partial charge in [-0.3, -0.25) is 9.36 Å². The maximum Gasteiger partial charge on any atom is 0.278 e. The molecule has 0 bridgehead atoms. The number of hydrogen-bond acceptors (Lipinski definition) is 2. The number of fused-ring (bicyclic) bond motifs is 3. The van der Waals surface area contributed by atoms with Gasteiger partial charge in [-0.2, -0.15) is 0 Å². The van der Waals surface area contributed by atoms with Crippen LogP contribution in [0.3, 0.4) is 0 Å². The molecule has 0 radical (unpaired) electrons. The number of benzene rings is 3. The van der Waals surface area contributed by atoms with Crippen LogP contribution in [0.5, 0.6) is 0 Å². The first-order valence-electron chi connectivity index (χ1n) is 9.86. The van der Waals surface area contributed by atoms with E-state index in [-0.39, 0.29) is 5.56 Å². The minimum absolute atomic E-state index is 0.0355. The third-order valence-corrected chi connectivity index (χ3v) is 5.68. The topological polar surface area (TPSA) is 39.8 Å². The average molecular weight is 414 g/mol. The minimum atomic E-state index is -0.0355. The average Bonchev–Trinajstić information content (AvgIpc) is 3.06. The van der Waals surface area contributed by atoms with Gasteiger partial charge in [0.2, 0.25) is 0 Å². The van der Waals surface area contributed by atoms with Gasteiger partial charge in [0.05, 0.1) is 18.4 Å². The fourth-order valence-corrected chi connectivity index (χ4v) is 4.07. The molecule has 148 valence electrons. The standard InChI is InChI=1S/C25H20ClN3O/c1-17-7-12-22-21(13-17)23-24(29(22)15-19-8-10-20(26)11-9-19)25(30)28(16-27-23)14-18-5-3-2-4-6-18/h2-13,16H,14-15H2,1H3. The number of aryl methyl sites for hydroxylation is 1. The zero-order valence-electron chi connectivity index (χ0n) is 16.5. The second kappa shape index (κ2) is 7.47. The quantitative estimate of drug-likeness (QED) is 0.395. The van der Waals surface area contributed by atoms with Crippen LogP contribution in [0.1, 0.15) is 16.7 Å². The van der Waals surface area contributed by atoms with E-state index in [0.29, 0.717) is 23.6 Å². The van der Waals surface area contributed by atoms with Gasteiger partial charge in [0.1, 0.15) is 11.0 Å². The van der Waals surface area contributed by atoms with Crippen molar-refractivity contribution in [1.29, 1.82) is 0 Å². The lowest BCUT2D eigenvalue weighted by molar-refractivity contribution is 0.737. The summed E-state index contributed by atoms with van der Waals surface area (Å²) >= 11 is 6.05. The van der Waals surface area contributed by atoms with Crippen molar-refractivity contribution in [2.75, 3.05) is 0 Å². The predicted octanol–water partition coefficient (Wildman–Crippen LogP) is 5.41. The molecule has 5 aromatic rings. The minimum Gasteiger partial charge on any atom is -0.330 e. The zero-order chi connectivity index (χ0) is 20.7. The molecule has 0 amide bonds. The molecule has 0 saturated carbocycles. The molecule has 3 aromatic carbocycles. The number of halogens is 1. The van der Waals surface area contributed by atoms with Gasteiger partial charge in [0.15, 0.2) is 0 Å². The summed E-state index contributed by atoms with van der Waals surface area (Å²) in [7, 11) is 0. The van der Waals surface area contributed by atoms with Crippen LogP contribution in [0, 0.1) is 6.92 Å². The van der Waals surface area contributed by atoms with Gasteiger partial charge in [-0.15, -0.1) is 0 Å².